The number of thiophene rings is 2. The Labute approximate surface area is 176 Å². The van der Waals surface area contributed by atoms with Gasteiger partial charge in [-0.05, 0) is 42.8 Å². The van der Waals surface area contributed by atoms with Gasteiger partial charge < -0.3 is 9.73 Å². The van der Waals surface area contributed by atoms with Gasteiger partial charge in [-0.15, -0.1) is 34.0 Å². The molecule has 142 valence electrons. The maximum absolute atomic E-state index is 12.6. The first-order chi connectivity index (χ1) is 13.5. The lowest BCUT2D eigenvalue weighted by Crippen LogP contribution is -2.11. The molecule has 6 nitrogen and oxygen atoms in total. The van der Waals surface area contributed by atoms with Gasteiger partial charge >= 0.3 is 0 Å². The molecule has 0 saturated carbocycles. The van der Waals surface area contributed by atoms with Crippen molar-refractivity contribution in [3.63, 3.8) is 0 Å². The van der Waals surface area contributed by atoms with Crippen LogP contribution >= 0.6 is 45.6 Å². The van der Waals surface area contributed by atoms with Gasteiger partial charge in [-0.1, -0.05) is 11.6 Å². The number of amides is 2. The molecule has 0 aromatic carbocycles. The van der Waals surface area contributed by atoms with E-state index >= 15 is 0 Å². The van der Waals surface area contributed by atoms with Crippen molar-refractivity contribution in [3.05, 3.63) is 62.5 Å². The van der Waals surface area contributed by atoms with Crippen molar-refractivity contribution in [1.82, 2.24) is 4.98 Å². The van der Waals surface area contributed by atoms with Gasteiger partial charge in [0.05, 0.1) is 31.0 Å². The second-order valence-corrected chi connectivity index (χ2v) is 9.28. The van der Waals surface area contributed by atoms with Crippen LogP contribution in [0.3, 0.4) is 0 Å². The highest BCUT2D eigenvalue weighted by Gasteiger charge is 2.18. The van der Waals surface area contributed by atoms with Crippen LogP contribution in [-0.2, 0) is 0 Å². The van der Waals surface area contributed by atoms with E-state index in [4.69, 9.17) is 16.0 Å². The van der Waals surface area contributed by atoms with Crippen LogP contribution in [0.15, 0.2) is 46.4 Å². The molecule has 0 radical (unpaired) electrons. The molecule has 0 fully saturated rings. The Balaban J connectivity index is 1.46. The van der Waals surface area contributed by atoms with Gasteiger partial charge in [0.15, 0.2) is 10.9 Å². The molecule has 0 aliphatic heterocycles. The zero-order valence-electron chi connectivity index (χ0n) is 14.3. The van der Waals surface area contributed by atoms with Crippen LogP contribution in [0.1, 0.15) is 25.8 Å². The quantitative estimate of drug-likeness (QED) is 0.391. The average Bonchev–Trinajstić information content (AvgIpc) is 3.41. The molecule has 4 aromatic rings. The number of aryl methyl sites for hydroxylation is 1. The summed E-state index contributed by atoms with van der Waals surface area (Å²) in [6.07, 6.45) is 1.43. The lowest BCUT2D eigenvalue weighted by Gasteiger charge is -2.00. The Morgan fingerprint density at radius 1 is 1.14 bits per heavy atom. The van der Waals surface area contributed by atoms with Gasteiger partial charge in [-0.3, -0.25) is 14.9 Å². The van der Waals surface area contributed by atoms with Crippen molar-refractivity contribution in [2.75, 3.05) is 10.6 Å². The number of aromatic nitrogens is 1. The Morgan fingerprint density at radius 3 is 2.71 bits per heavy atom. The summed E-state index contributed by atoms with van der Waals surface area (Å²) < 4.78 is 5.76. The van der Waals surface area contributed by atoms with Gasteiger partial charge in [-0.2, -0.15) is 0 Å². The highest BCUT2D eigenvalue weighted by molar-refractivity contribution is 7.20. The Morgan fingerprint density at radius 2 is 2.00 bits per heavy atom. The topological polar surface area (TPSA) is 84.2 Å². The number of rotatable bonds is 5. The molecule has 2 N–H and O–H groups in total. The van der Waals surface area contributed by atoms with Crippen LogP contribution in [0.2, 0.25) is 4.34 Å². The van der Waals surface area contributed by atoms with Crippen molar-refractivity contribution in [1.29, 1.82) is 0 Å². The van der Waals surface area contributed by atoms with Crippen LogP contribution < -0.4 is 10.6 Å². The number of furan rings is 1. The third kappa shape index (κ3) is 4.02. The van der Waals surface area contributed by atoms with Crippen LogP contribution in [0, 0.1) is 6.92 Å². The number of carbonyl (C=O) groups excluding carboxylic acids is 2. The standard InChI is InChI=1S/C18H12ClN3O3S3/c1-9-7-14(21-16(23)11-3-2-6-25-11)28-15(9)17(24)22-18-20-10(8-26-18)12-4-5-13(19)27-12/h2-8H,1H3,(H,21,23)(H,20,22,24). The summed E-state index contributed by atoms with van der Waals surface area (Å²) in [5.74, 6) is -0.426. The van der Waals surface area contributed by atoms with E-state index in [-0.39, 0.29) is 17.6 Å². The number of anilines is 2. The average molecular weight is 450 g/mol. The van der Waals surface area contributed by atoms with Gasteiger partial charge in [-0.25, -0.2) is 4.98 Å². The van der Waals surface area contributed by atoms with Crippen molar-refractivity contribution < 1.29 is 14.0 Å². The third-order valence-corrected chi connectivity index (χ3v) is 6.82. The molecule has 0 unspecified atom stereocenters. The van der Waals surface area contributed by atoms with Crippen LogP contribution in [-0.4, -0.2) is 16.8 Å². The van der Waals surface area contributed by atoms with Crippen molar-refractivity contribution >= 4 is 67.6 Å². The van der Waals surface area contributed by atoms with Crippen molar-refractivity contribution in [3.8, 4) is 10.6 Å². The Kier molecular flexibility index (Phi) is 5.31. The Bertz CT molecular complexity index is 1140. The normalized spacial score (nSPS) is 10.8. The van der Waals surface area contributed by atoms with E-state index in [2.05, 4.69) is 15.6 Å². The highest BCUT2D eigenvalue weighted by atomic mass is 35.5. The molecule has 4 aromatic heterocycles. The minimum atomic E-state index is -0.364. The monoisotopic (exact) mass is 449 g/mol. The number of thiazole rings is 1. The van der Waals surface area contributed by atoms with Crippen LogP contribution in [0.25, 0.3) is 10.6 Å². The van der Waals surface area contributed by atoms with Gasteiger partial charge in [0.1, 0.15) is 0 Å². The molecule has 4 rings (SSSR count). The van der Waals surface area contributed by atoms with Crippen LogP contribution in [0.4, 0.5) is 10.1 Å². The summed E-state index contributed by atoms with van der Waals surface area (Å²) in [5.41, 5.74) is 1.53. The van der Waals surface area contributed by atoms with E-state index in [0.717, 1.165) is 16.1 Å². The van der Waals surface area contributed by atoms with E-state index < -0.39 is 0 Å². The summed E-state index contributed by atoms with van der Waals surface area (Å²) >= 11 is 9.93. The number of halogens is 1. The molecule has 0 atom stereocenters. The van der Waals surface area contributed by atoms with Gasteiger partial charge in [0.2, 0.25) is 0 Å². The fourth-order valence-electron chi connectivity index (χ4n) is 2.40. The van der Waals surface area contributed by atoms with E-state index in [1.54, 1.807) is 18.2 Å². The van der Waals surface area contributed by atoms with E-state index in [9.17, 15) is 9.59 Å². The summed E-state index contributed by atoms with van der Waals surface area (Å²) in [6.45, 7) is 1.81. The lowest BCUT2D eigenvalue weighted by molar-refractivity contribution is 0.0995. The fourth-order valence-corrected chi connectivity index (χ4v) is 5.15. The van der Waals surface area contributed by atoms with E-state index in [0.29, 0.717) is 19.3 Å². The summed E-state index contributed by atoms with van der Waals surface area (Å²) in [7, 11) is 0. The third-order valence-electron chi connectivity index (χ3n) is 3.66. The second-order valence-electron chi connectivity index (χ2n) is 5.65. The number of nitrogens with zero attached hydrogens (tertiary/aromatic N) is 1. The molecule has 0 aliphatic rings. The minimum absolute atomic E-state index is 0.209. The maximum Gasteiger partial charge on any atom is 0.291 e. The summed E-state index contributed by atoms with van der Waals surface area (Å²) in [5, 5.41) is 8.48. The lowest BCUT2D eigenvalue weighted by atomic mass is 10.3. The minimum Gasteiger partial charge on any atom is -0.459 e. The molecule has 0 bridgehead atoms. The van der Waals surface area contributed by atoms with Crippen molar-refractivity contribution in [2.24, 2.45) is 0 Å². The first-order valence-electron chi connectivity index (χ1n) is 7.97. The molecule has 28 heavy (non-hydrogen) atoms. The predicted molar refractivity (Wildman–Crippen MR) is 114 cm³/mol. The first kappa shape index (κ1) is 18.9. The number of hydrogen-bond acceptors (Lipinski definition) is 7. The van der Waals surface area contributed by atoms with Gasteiger partial charge in [0.25, 0.3) is 11.8 Å². The highest BCUT2D eigenvalue weighted by Crippen LogP contribution is 2.33. The SMILES string of the molecule is Cc1cc(NC(=O)c2ccco2)sc1C(=O)Nc1nc(-c2ccc(Cl)s2)cs1. The number of nitrogens with one attached hydrogen (secondary N) is 2. The molecule has 4 heterocycles. The fraction of sp³-hybridized carbons (Fsp3) is 0.0556. The number of hydrogen-bond donors (Lipinski definition) is 2. The summed E-state index contributed by atoms with van der Waals surface area (Å²) in [6, 6.07) is 8.67. The molecule has 0 aliphatic carbocycles. The molecular weight excluding hydrogens is 438 g/mol. The van der Waals surface area contributed by atoms with Crippen LogP contribution in [0.5, 0.6) is 0 Å². The maximum atomic E-state index is 12.6. The van der Waals surface area contributed by atoms with E-state index in [1.165, 1.54) is 40.3 Å². The number of carbonyl (C=O) groups is 2. The molecule has 0 saturated heterocycles. The van der Waals surface area contributed by atoms with Gasteiger partial charge in [0, 0.05) is 5.38 Å². The smallest absolute Gasteiger partial charge is 0.291 e. The summed E-state index contributed by atoms with van der Waals surface area (Å²) in [4.78, 5) is 30.6. The molecular formula is C18H12ClN3O3S3. The molecule has 2 amide bonds. The zero-order valence-corrected chi connectivity index (χ0v) is 17.5. The largest absolute Gasteiger partial charge is 0.459 e. The first-order valence-corrected chi connectivity index (χ1v) is 10.9. The predicted octanol–water partition coefficient (Wildman–Crippen LogP) is 5.99. The second kappa shape index (κ2) is 7.88. The van der Waals surface area contributed by atoms with E-state index in [1.807, 2.05) is 24.4 Å². The Hall–Kier alpha value is -2.46. The zero-order chi connectivity index (χ0) is 19.7. The molecule has 10 heteroatoms. The molecule has 0 spiro atoms. The van der Waals surface area contributed by atoms with Crippen molar-refractivity contribution in [2.45, 2.75) is 6.92 Å².